The van der Waals surface area contributed by atoms with Gasteiger partial charge >= 0.3 is 5.97 Å². The van der Waals surface area contributed by atoms with Gasteiger partial charge in [0.05, 0.1) is 30.4 Å². The van der Waals surface area contributed by atoms with E-state index in [1.165, 1.54) is 20.0 Å². The van der Waals surface area contributed by atoms with Gasteiger partial charge in [-0.1, -0.05) is 0 Å². The first-order valence-corrected chi connectivity index (χ1v) is 5.35. The molecule has 1 aromatic heterocycles. The Morgan fingerprint density at radius 2 is 2.31 bits per heavy atom. The molecular formula is C12H12N2O2. The molecule has 0 spiro atoms. The molecule has 2 aromatic rings. The number of nitrogens with zero attached hydrogens (tertiary/aromatic N) is 2. The molecule has 0 atom stereocenters. The minimum Gasteiger partial charge on any atom is -0.465 e. The molecule has 0 unspecified atom stereocenters. The Balaban J connectivity index is 2.09. The second-order valence-corrected chi connectivity index (χ2v) is 4.09. The lowest BCUT2D eigenvalue weighted by Gasteiger charge is -2.01. The number of esters is 1. The minimum absolute atomic E-state index is 0.305. The summed E-state index contributed by atoms with van der Waals surface area (Å²) in [5.41, 5.74) is 1.67. The Morgan fingerprint density at radius 1 is 1.50 bits per heavy atom. The van der Waals surface area contributed by atoms with E-state index in [4.69, 9.17) is 0 Å². The number of fused-ring (bicyclic) bond motifs is 1. The monoisotopic (exact) mass is 216 g/mol. The molecule has 1 fully saturated rings. The third-order valence-electron chi connectivity index (χ3n) is 2.91. The summed E-state index contributed by atoms with van der Waals surface area (Å²) in [6.07, 6.45) is 4.21. The molecule has 0 radical (unpaired) electrons. The molecule has 4 heteroatoms. The molecule has 82 valence electrons. The number of carbonyl (C=O) groups is 1. The first-order valence-electron chi connectivity index (χ1n) is 5.35. The van der Waals surface area contributed by atoms with Gasteiger partial charge in [-0.2, -0.15) is 5.10 Å². The molecule has 1 saturated carbocycles. The van der Waals surface area contributed by atoms with Gasteiger partial charge < -0.3 is 4.74 Å². The van der Waals surface area contributed by atoms with Gasteiger partial charge in [-0.3, -0.25) is 4.68 Å². The van der Waals surface area contributed by atoms with Crippen LogP contribution in [0.15, 0.2) is 24.4 Å². The highest BCUT2D eigenvalue weighted by atomic mass is 16.5. The quantitative estimate of drug-likeness (QED) is 0.722. The van der Waals surface area contributed by atoms with Crippen LogP contribution in [0.4, 0.5) is 0 Å². The predicted molar refractivity (Wildman–Crippen MR) is 59.3 cm³/mol. The fraction of sp³-hybridized carbons (Fsp3) is 0.333. The summed E-state index contributed by atoms with van der Waals surface area (Å²) in [6.45, 7) is 0. The molecule has 0 aliphatic heterocycles. The number of ether oxygens (including phenoxy) is 1. The molecule has 0 saturated heterocycles. The second kappa shape index (κ2) is 3.33. The third-order valence-corrected chi connectivity index (χ3v) is 2.91. The maximum atomic E-state index is 11.4. The second-order valence-electron chi connectivity index (χ2n) is 4.09. The number of benzene rings is 1. The lowest BCUT2D eigenvalue weighted by Crippen LogP contribution is -2.01. The summed E-state index contributed by atoms with van der Waals surface area (Å²) >= 11 is 0. The number of aromatic nitrogens is 2. The van der Waals surface area contributed by atoms with Crippen molar-refractivity contribution in [2.24, 2.45) is 0 Å². The third kappa shape index (κ3) is 1.38. The Bertz CT molecular complexity index is 555. The topological polar surface area (TPSA) is 44.1 Å². The summed E-state index contributed by atoms with van der Waals surface area (Å²) in [7, 11) is 1.39. The maximum Gasteiger partial charge on any atom is 0.337 e. The van der Waals surface area contributed by atoms with Gasteiger partial charge in [0, 0.05) is 5.39 Å². The van der Waals surface area contributed by atoms with Crippen LogP contribution >= 0.6 is 0 Å². The zero-order valence-corrected chi connectivity index (χ0v) is 9.01. The smallest absolute Gasteiger partial charge is 0.337 e. The van der Waals surface area contributed by atoms with Crippen molar-refractivity contribution in [3.8, 4) is 0 Å². The van der Waals surface area contributed by atoms with E-state index in [1.54, 1.807) is 12.3 Å². The average molecular weight is 216 g/mol. The van der Waals surface area contributed by atoms with Crippen molar-refractivity contribution in [1.29, 1.82) is 0 Å². The van der Waals surface area contributed by atoms with Crippen LogP contribution in [0.25, 0.3) is 10.9 Å². The molecule has 4 nitrogen and oxygen atoms in total. The van der Waals surface area contributed by atoms with Crippen LogP contribution in [0.5, 0.6) is 0 Å². The van der Waals surface area contributed by atoms with Gasteiger partial charge in [0.2, 0.25) is 0 Å². The van der Waals surface area contributed by atoms with E-state index in [2.05, 4.69) is 9.84 Å². The molecule has 3 rings (SSSR count). The summed E-state index contributed by atoms with van der Waals surface area (Å²) in [6, 6.07) is 6.11. The molecule has 16 heavy (non-hydrogen) atoms. The lowest BCUT2D eigenvalue weighted by atomic mass is 10.1. The number of methoxy groups -OCH3 is 1. The van der Waals surface area contributed by atoms with Gasteiger partial charge in [-0.05, 0) is 31.0 Å². The van der Waals surface area contributed by atoms with Crippen molar-refractivity contribution < 1.29 is 9.53 Å². The van der Waals surface area contributed by atoms with Crippen LogP contribution in [0.1, 0.15) is 29.2 Å². The first kappa shape index (κ1) is 9.39. The van der Waals surface area contributed by atoms with Gasteiger partial charge in [0.15, 0.2) is 0 Å². The zero-order valence-electron chi connectivity index (χ0n) is 9.01. The summed E-state index contributed by atoms with van der Waals surface area (Å²) in [5.74, 6) is -0.305. The fourth-order valence-corrected chi connectivity index (χ4v) is 1.91. The SMILES string of the molecule is COC(=O)c1ccc2c(cnn2C2CC2)c1. The number of rotatable bonds is 2. The molecule has 1 aliphatic rings. The molecule has 1 aromatic carbocycles. The number of hydrogen-bond acceptors (Lipinski definition) is 3. The van der Waals surface area contributed by atoms with Crippen molar-refractivity contribution >= 4 is 16.9 Å². The van der Waals surface area contributed by atoms with Gasteiger partial charge in [-0.15, -0.1) is 0 Å². The van der Waals surface area contributed by atoms with E-state index in [-0.39, 0.29) is 5.97 Å². The summed E-state index contributed by atoms with van der Waals surface area (Å²) < 4.78 is 6.72. The largest absolute Gasteiger partial charge is 0.465 e. The van der Waals surface area contributed by atoms with E-state index >= 15 is 0 Å². The predicted octanol–water partition coefficient (Wildman–Crippen LogP) is 2.16. The van der Waals surface area contributed by atoms with E-state index < -0.39 is 0 Å². The van der Waals surface area contributed by atoms with Gasteiger partial charge in [0.1, 0.15) is 0 Å². The molecule has 1 aliphatic carbocycles. The van der Waals surface area contributed by atoms with Crippen LogP contribution in [0, 0.1) is 0 Å². The lowest BCUT2D eigenvalue weighted by molar-refractivity contribution is 0.0601. The highest BCUT2D eigenvalue weighted by Crippen LogP contribution is 2.36. The van der Waals surface area contributed by atoms with Gasteiger partial charge in [0.25, 0.3) is 0 Å². The van der Waals surface area contributed by atoms with E-state index in [0.29, 0.717) is 11.6 Å². The molecule has 0 bridgehead atoms. The molecule has 0 N–H and O–H groups in total. The summed E-state index contributed by atoms with van der Waals surface area (Å²) in [4.78, 5) is 11.4. The summed E-state index contributed by atoms with van der Waals surface area (Å²) in [5, 5.41) is 5.34. The van der Waals surface area contributed by atoms with E-state index in [9.17, 15) is 4.79 Å². The minimum atomic E-state index is -0.305. The Morgan fingerprint density at radius 3 is 3.00 bits per heavy atom. The molecular weight excluding hydrogens is 204 g/mol. The molecule has 1 heterocycles. The Hall–Kier alpha value is -1.84. The van der Waals surface area contributed by atoms with Crippen LogP contribution < -0.4 is 0 Å². The Labute approximate surface area is 92.8 Å². The van der Waals surface area contributed by atoms with Crippen molar-refractivity contribution in [2.75, 3.05) is 7.11 Å². The fourth-order valence-electron chi connectivity index (χ4n) is 1.91. The highest BCUT2D eigenvalue weighted by molar-refractivity contribution is 5.94. The van der Waals surface area contributed by atoms with Crippen LogP contribution in [-0.4, -0.2) is 22.9 Å². The van der Waals surface area contributed by atoms with Crippen LogP contribution in [0.2, 0.25) is 0 Å². The first-order chi connectivity index (χ1) is 7.79. The zero-order chi connectivity index (χ0) is 11.1. The molecule has 0 amide bonds. The van der Waals surface area contributed by atoms with Crippen LogP contribution in [0.3, 0.4) is 0 Å². The Kier molecular flexibility index (Phi) is 1.96. The highest BCUT2D eigenvalue weighted by Gasteiger charge is 2.25. The van der Waals surface area contributed by atoms with Crippen molar-refractivity contribution in [1.82, 2.24) is 9.78 Å². The van der Waals surface area contributed by atoms with Crippen molar-refractivity contribution in [3.63, 3.8) is 0 Å². The van der Waals surface area contributed by atoms with E-state index in [0.717, 1.165) is 10.9 Å². The standard InChI is InChI=1S/C12H12N2O2/c1-16-12(15)8-2-5-11-9(6-8)7-13-14(11)10-3-4-10/h2,5-7,10H,3-4H2,1H3. The average Bonchev–Trinajstić information content (AvgIpc) is 3.08. The van der Waals surface area contributed by atoms with Crippen molar-refractivity contribution in [2.45, 2.75) is 18.9 Å². The number of carbonyl (C=O) groups excluding carboxylic acids is 1. The van der Waals surface area contributed by atoms with Crippen LogP contribution in [-0.2, 0) is 4.74 Å². The van der Waals surface area contributed by atoms with Crippen molar-refractivity contribution in [3.05, 3.63) is 30.0 Å². The number of hydrogen-bond donors (Lipinski definition) is 0. The van der Waals surface area contributed by atoms with E-state index in [1.807, 2.05) is 16.8 Å². The maximum absolute atomic E-state index is 11.4. The van der Waals surface area contributed by atoms with Gasteiger partial charge in [-0.25, -0.2) is 4.79 Å². The normalized spacial score (nSPS) is 15.3.